The van der Waals surface area contributed by atoms with Crippen LogP contribution >= 0.6 is 0 Å². The number of aromatic nitrogens is 1. The molecule has 0 aliphatic rings. The molecule has 3 nitrogen and oxygen atoms in total. The minimum absolute atomic E-state index is 0.376. The number of benzene rings is 8. The molecule has 0 spiro atoms. The van der Waals surface area contributed by atoms with Crippen LogP contribution in [-0.2, 0) is 12.4 Å². The Kier molecular flexibility index (Phi) is 8.18. The summed E-state index contributed by atoms with van der Waals surface area (Å²) in [5, 5.41) is 5.86. The summed E-state index contributed by atoms with van der Waals surface area (Å²) < 4.78 is 86.5. The van der Waals surface area contributed by atoms with Crippen LogP contribution in [0.5, 0.6) is 0 Å². The monoisotopic (exact) mass is 789 g/mol. The van der Waals surface area contributed by atoms with Crippen molar-refractivity contribution in [3.8, 4) is 0 Å². The Balaban J connectivity index is 1.23. The predicted molar refractivity (Wildman–Crippen MR) is 227 cm³/mol. The lowest BCUT2D eigenvalue weighted by Crippen LogP contribution is -2.12. The van der Waals surface area contributed by atoms with Crippen molar-refractivity contribution in [3.63, 3.8) is 0 Å². The molecule has 0 unspecified atom stereocenters. The molecule has 10 aromatic rings. The summed E-state index contributed by atoms with van der Waals surface area (Å²) in [6, 6.07) is 48.4. The largest absolute Gasteiger partial charge is 0.416 e. The Morgan fingerprint density at radius 2 is 0.898 bits per heavy atom. The quantitative estimate of drug-likeness (QED) is 0.155. The third kappa shape index (κ3) is 6.07. The van der Waals surface area contributed by atoms with E-state index < -0.39 is 23.5 Å². The van der Waals surface area contributed by atoms with Gasteiger partial charge in [0.25, 0.3) is 0 Å². The highest BCUT2D eigenvalue weighted by Crippen LogP contribution is 2.47. The highest BCUT2D eigenvalue weighted by molar-refractivity contribution is 6.31. The fourth-order valence-electron chi connectivity index (χ4n) is 8.62. The van der Waals surface area contributed by atoms with Crippen LogP contribution in [0.1, 0.15) is 22.3 Å². The van der Waals surface area contributed by atoms with Gasteiger partial charge in [-0.15, -0.1) is 0 Å². The van der Waals surface area contributed by atoms with Crippen molar-refractivity contribution in [2.24, 2.45) is 0 Å². The lowest BCUT2D eigenvalue weighted by Gasteiger charge is -2.27. The van der Waals surface area contributed by atoms with Gasteiger partial charge in [-0.1, -0.05) is 66.7 Å². The van der Waals surface area contributed by atoms with Crippen LogP contribution < -0.4 is 9.80 Å². The molecule has 0 fully saturated rings. The Labute approximate surface area is 334 Å². The van der Waals surface area contributed by atoms with Gasteiger partial charge in [-0.2, -0.15) is 26.3 Å². The first kappa shape index (κ1) is 36.3. The average Bonchev–Trinajstić information content (AvgIpc) is 3.72. The molecule has 290 valence electrons. The van der Waals surface area contributed by atoms with Crippen molar-refractivity contribution >= 4 is 83.0 Å². The van der Waals surface area contributed by atoms with Crippen molar-refractivity contribution in [1.82, 2.24) is 4.40 Å². The van der Waals surface area contributed by atoms with Crippen LogP contribution in [0.2, 0.25) is 0 Å². The topological polar surface area (TPSA) is 10.9 Å². The van der Waals surface area contributed by atoms with Crippen LogP contribution in [0.25, 0.3) is 48.9 Å². The number of hydrogen-bond donors (Lipinski definition) is 0. The molecule has 2 heterocycles. The zero-order chi connectivity index (χ0) is 40.8. The van der Waals surface area contributed by atoms with E-state index in [-0.39, 0.29) is 0 Å². The highest BCUT2D eigenvalue weighted by atomic mass is 19.4. The van der Waals surface area contributed by atoms with Crippen LogP contribution in [0.4, 0.5) is 60.5 Å². The Morgan fingerprint density at radius 3 is 1.47 bits per heavy atom. The molecule has 2 aromatic heterocycles. The fourth-order valence-corrected chi connectivity index (χ4v) is 8.62. The van der Waals surface area contributed by atoms with Gasteiger partial charge >= 0.3 is 12.4 Å². The molecule has 0 N–H and O–H groups in total. The van der Waals surface area contributed by atoms with Gasteiger partial charge in [0.2, 0.25) is 0 Å². The SMILES string of the molecule is Cc1cccc(N(c2cccc(C(F)(F)F)c2)c2ccc3cc4c5ccc(N(c6cccc(C)c6)c6cccc(C(F)(F)F)c6)cc5n5c6ccccc6c(c3c2)c45)c1. The zero-order valence-corrected chi connectivity index (χ0v) is 31.7. The van der Waals surface area contributed by atoms with E-state index in [2.05, 4.69) is 28.7 Å². The molecule has 0 amide bonds. The number of hydrogen-bond acceptors (Lipinski definition) is 2. The van der Waals surface area contributed by atoms with Crippen molar-refractivity contribution in [2.75, 3.05) is 9.80 Å². The molecule has 0 radical (unpaired) electrons. The van der Waals surface area contributed by atoms with E-state index in [4.69, 9.17) is 0 Å². The van der Waals surface area contributed by atoms with Gasteiger partial charge in [0.1, 0.15) is 0 Å². The molecule has 10 rings (SSSR count). The minimum Gasteiger partial charge on any atom is -0.310 e. The van der Waals surface area contributed by atoms with Crippen LogP contribution in [0, 0.1) is 13.8 Å². The van der Waals surface area contributed by atoms with Gasteiger partial charge in [-0.25, -0.2) is 0 Å². The van der Waals surface area contributed by atoms with Crippen LogP contribution in [0.15, 0.2) is 164 Å². The summed E-state index contributed by atoms with van der Waals surface area (Å²) in [6.07, 6.45) is -9.04. The first-order valence-electron chi connectivity index (χ1n) is 19.1. The van der Waals surface area contributed by atoms with E-state index in [1.807, 2.05) is 115 Å². The van der Waals surface area contributed by atoms with Gasteiger partial charge in [0, 0.05) is 55.7 Å². The molecule has 0 saturated carbocycles. The predicted octanol–water partition coefficient (Wildman–Crippen LogP) is 15.6. The number of para-hydroxylation sites is 1. The molecule has 59 heavy (non-hydrogen) atoms. The molecule has 0 aliphatic carbocycles. The third-order valence-corrected chi connectivity index (χ3v) is 11.1. The fraction of sp³-hybridized carbons (Fsp3) is 0.0800. The average molecular weight is 790 g/mol. The van der Waals surface area contributed by atoms with Gasteiger partial charge < -0.3 is 14.2 Å². The Bertz CT molecular complexity index is 3120. The minimum atomic E-state index is -4.52. The van der Waals surface area contributed by atoms with Gasteiger partial charge in [-0.05, 0) is 133 Å². The van der Waals surface area contributed by atoms with E-state index >= 15 is 0 Å². The number of halogens is 6. The number of rotatable bonds is 6. The number of alkyl halides is 6. The summed E-state index contributed by atoms with van der Waals surface area (Å²) in [7, 11) is 0. The maximum absolute atomic E-state index is 14.0. The van der Waals surface area contributed by atoms with Crippen molar-refractivity contribution in [2.45, 2.75) is 26.2 Å². The van der Waals surface area contributed by atoms with E-state index in [9.17, 15) is 26.3 Å². The lowest BCUT2D eigenvalue weighted by atomic mass is 9.99. The van der Waals surface area contributed by atoms with Gasteiger partial charge in [0.05, 0.1) is 27.7 Å². The molecule has 0 aliphatic heterocycles. The molecule has 0 atom stereocenters. The van der Waals surface area contributed by atoms with Gasteiger partial charge in [0.15, 0.2) is 0 Å². The maximum Gasteiger partial charge on any atom is 0.416 e. The summed E-state index contributed by atoms with van der Waals surface area (Å²) in [5.41, 5.74) is 6.85. The number of anilines is 6. The van der Waals surface area contributed by atoms with Crippen molar-refractivity contribution in [1.29, 1.82) is 0 Å². The Morgan fingerprint density at radius 1 is 0.390 bits per heavy atom. The summed E-state index contributed by atoms with van der Waals surface area (Å²) in [4.78, 5) is 3.71. The Hall–Kier alpha value is -7.00. The van der Waals surface area contributed by atoms with Crippen molar-refractivity contribution in [3.05, 3.63) is 186 Å². The standard InChI is InChI=1S/C50H33F6N3/c1-30-9-5-13-35(23-30)57(37-15-7-11-33(26-37)49(51,52)53)39-20-19-32-25-44-41-22-21-40(29-46(41)59-45-18-4-3-17-42(45)47(48(44)59)43(32)28-39)58(36-14-6-10-31(2)24-36)38-16-8-12-34(27-38)50(54,55)56/h3-29H,1-2H3. The third-order valence-electron chi connectivity index (χ3n) is 11.1. The van der Waals surface area contributed by atoms with E-state index in [1.165, 1.54) is 24.3 Å². The van der Waals surface area contributed by atoms with E-state index in [1.54, 1.807) is 12.1 Å². The lowest BCUT2D eigenvalue weighted by molar-refractivity contribution is -0.138. The normalized spacial score (nSPS) is 12.4. The summed E-state index contributed by atoms with van der Waals surface area (Å²) in [5.74, 6) is 0. The molecule has 0 bridgehead atoms. The van der Waals surface area contributed by atoms with E-state index in [0.29, 0.717) is 22.7 Å². The summed E-state index contributed by atoms with van der Waals surface area (Å²) in [6.45, 7) is 3.90. The second-order valence-corrected chi connectivity index (χ2v) is 15.1. The van der Waals surface area contributed by atoms with E-state index in [0.717, 1.165) is 83.5 Å². The highest BCUT2D eigenvalue weighted by Gasteiger charge is 2.32. The van der Waals surface area contributed by atoms with Gasteiger partial charge in [-0.3, -0.25) is 0 Å². The second-order valence-electron chi connectivity index (χ2n) is 15.1. The number of aryl methyl sites for hydroxylation is 2. The smallest absolute Gasteiger partial charge is 0.310 e. The van der Waals surface area contributed by atoms with Crippen molar-refractivity contribution < 1.29 is 26.3 Å². The van der Waals surface area contributed by atoms with Crippen LogP contribution in [-0.4, -0.2) is 4.40 Å². The molecular weight excluding hydrogens is 757 g/mol. The maximum atomic E-state index is 14.0. The molecule has 9 heteroatoms. The first-order valence-corrected chi connectivity index (χ1v) is 19.1. The number of fused-ring (bicyclic) bond motifs is 8. The zero-order valence-electron chi connectivity index (χ0n) is 31.7. The first-order chi connectivity index (χ1) is 28.3. The second kappa shape index (κ2) is 13.3. The van der Waals surface area contributed by atoms with Crippen LogP contribution in [0.3, 0.4) is 0 Å². The molecular formula is C50H33F6N3. The molecule has 8 aromatic carbocycles. The molecule has 0 saturated heterocycles. The summed E-state index contributed by atoms with van der Waals surface area (Å²) >= 11 is 0. The number of nitrogens with zero attached hydrogens (tertiary/aromatic N) is 3.